The second-order valence-electron chi connectivity index (χ2n) is 6.13. The molecule has 1 heterocycles. The van der Waals surface area contributed by atoms with Crippen molar-refractivity contribution < 1.29 is 28.9 Å². The maximum absolute atomic E-state index is 12.4. The van der Waals surface area contributed by atoms with Gasteiger partial charge in [0.2, 0.25) is 0 Å². The number of hydrogen-bond donors (Lipinski definition) is 2. The van der Waals surface area contributed by atoms with Crippen molar-refractivity contribution in [2.75, 3.05) is 20.3 Å². The number of carboxylic acids is 1. The fraction of sp³-hybridized carbons (Fsp3) is 0.190. The molecule has 2 aromatic carbocycles. The molecule has 1 fully saturated rings. The van der Waals surface area contributed by atoms with Crippen LogP contribution in [0.3, 0.4) is 0 Å². The van der Waals surface area contributed by atoms with Gasteiger partial charge < -0.3 is 24.6 Å². The lowest BCUT2D eigenvalue weighted by Gasteiger charge is -2.13. The molecule has 2 aromatic rings. The molecule has 1 aliphatic rings. The number of hydrogen-bond acceptors (Lipinski definition) is 7. The molecule has 10 heteroatoms. The number of rotatable bonds is 8. The molecule has 8 nitrogen and oxygen atoms in total. The zero-order chi connectivity index (χ0) is 22.4. The molecule has 0 atom stereocenters. The summed E-state index contributed by atoms with van der Waals surface area (Å²) in [6.07, 6.45) is 1.72. The van der Waals surface area contributed by atoms with Crippen LogP contribution in [0, 0.1) is 3.57 Å². The highest BCUT2D eigenvalue weighted by Crippen LogP contribution is 2.36. The van der Waals surface area contributed by atoms with E-state index in [1.807, 2.05) is 29.5 Å². The van der Waals surface area contributed by atoms with Gasteiger partial charge in [-0.3, -0.25) is 4.79 Å². The summed E-state index contributed by atoms with van der Waals surface area (Å²) in [7, 11) is 1.59. The number of carboxylic acid groups (broad SMARTS) is 1. The van der Waals surface area contributed by atoms with Gasteiger partial charge in [-0.2, -0.15) is 0 Å². The molecule has 0 spiro atoms. The minimum absolute atomic E-state index is 0.253. The van der Waals surface area contributed by atoms with Gasteiger partial charge in [-0.05, 0) is 89.3 Å². The summed E-state index contributed by atoms with van der Waals surface area (Å²) in [6, 6.07) is 10.7. The number of benzene rings is 2. The normalized spacial score (nSPS) is 15.8. The quantitative estimate of drug-likeness (QED) is 0.375. The van der Waals surface area contributed by atoms with Crippen LogP contribution in [0.4, 0.5) is 5.69 Å². The predicted octanol–water partition coefficient (Wildman–Crippen LogP) is 4.05. The fourth-order valence-corrected chi connectivity index (χ4v) is 4.24. The van der Waals surface area contributed by atoms with Gasteiger partial charge in [0, 0.05) is 0 Å². The number of aliphatic imine (C=N–C) groups is 1. The largest absolute Gasteiger partial charge is 0.497 e. The zero-order valence-corrected chi connectivity index (χ0v) is 19.7. The number of nitrogens with one attached hydrogen (secondary N) is 1. The Balaban J connectivity index is 1.83. The van der Waals surface area contributed by atoms with Crippen LogP contribution in [0.15, 0.2) is 46.3 Å². The molecule has 31 heavy (non-hydrogen) atoms. The van der Waals surface area contributed by atoms with Crippen molar-refractivity contribution in [2.45, 2.75) is 6.92 Å². The Hall–Kier alpha value is -2.73. The summed E-state index contributed by atoms with van der Waals surface area (Å²) in [5.41, 5.74) is 1.41. The average molecular weight is 554 g/mol. The van der Waals surface area contributed by atoms with Gasteiger partial charge in [0.15, 0.2) is 23.3 Å². The highest BCUT2D eigenvalue weighted by molar-refractivity contribution is 14.1. The summed E-state index contributed by atoms with van der Waals surface area (Å²) in [5, 5.41) is 12.1. The number of ether oxygens (including phenoxy) is 3. The number of carbonyl (C=O) groups excluding carboxylic acids is 1. The van der Waals surface area contributed by atoms with Crippen LogP contribution in [0.25, 0.3) is 6.08 Å². The lowest BCUT2D eigenvalue weighted by Crippen LogP contribution is -2.19. The summed E-state index contributed by atoms with van der Waals surface area (Å²) >= 11 is 3.28. The molecule has 1 aliphatic heterocycles. The number of amidine groups is 1. The van der Waals surface area contributed by atoms with E-state index in [0.29, 0.717) is 37.4 Å². The molecule has 1 amide bonds. The number of aliphatic carboxylic acids is 1. The van der Waals surface area contributed by atoms with Crippen LogP contribution in [0.5, 0.6) is 17.2 Å². The highest BCUT2D eigenvalue weighted by Gasteiger charge is 2.24. The monoisotopic (exact) mass is 554 g/mol. The molecule has 0 radical (unpaired) electrons. The molecule has 0 unspecified atom stereocenters. The SMILES string of the molecule is CCOc1cc(/C=C2/SC(=Nc3ccc(OC)cc3)NC2=O)cc(I)c1OCC(=O)O. The Bertz CT molecular complexity index is 1050. The van der Waals surface area contributed by atoms with Crippen LogP contribution in [-0.4, -0.2) is 42.5 Å². The maximum Gasteiger partial charge on any atom is 0.341 e. The standard InChI is InChI=1S/C21H19IN2O6S/c1-3-29-16-9-12(8-15(22)19(16)30-11-18(25)26)10-17-20(27)24-21(31-17)23-13-4-6-14(28-2)7-5-13/h4-10H,3,11H2,1-2H3,(H,25,26)(H,23,24,27)/b17-10+. The van der Waals surface area contributed by atoms with E-state index in [1.54, 1.807) is 49.6 Å². The van der Waals surface area contributed by atoms with Gasteiger partial charge >= 0.3 is 5.97 Å². The van der Waals surface area contributed by atoms with Gasteiger partial charge in [-0.15, -0.1) is 0 Å². The summed E-state index contributed by atoms with van der Waals surface area (Å²) in [6.45, 7) is 1.73. The second-order valence-corrected chi connectivity index (χ2v) is 8.32. The summed E-state index contributed by atoms with van der Waals surface area (Å²) in [4.78, 5) is 28.2. The van der Waals surface area contributed by atoms with E-state index in [0.717, 1.165) is 11.3 Å². The van der Waals surface area contributed by atoms with E-state index in [4.69, 9.17) is 19.3 Å². The fourth-order valence-electron chi connectivity index (χ4n) is 2.61. The van der Waals surface area contributed by atoms with Gasteiger partial charge in [0.05, 0.1) is 27.9 Å². The van der Waals surface area contributed by atoms with Crippen molar-refractivity contribution in [2.24, 2.45) is 4.99 Å². The molecule has 0 saturated carbocycles. The smallest absolute Gasteiger partial charge is 0.341 e. The summed E-state index contributed by atoms with van der Waals surface area (Å²) < 4.78 is 16.8. The van der Waals surface area contributed by atoms with Crippen molar-refractivity contribution in [1.29, 1.82) is 0 Å². The molecule has 2 N–H and O–H groups in total. The molecule has 0 aromatic heterocycles. The van der Waals surface area contributed by atoms with E-state index in [-0.39, 0.29) is 5.91 Å². The molecule has 1 saturated heterocycles. The molecule has 162 valence electrons. The third-order valence-electron chi connectivity index (χ3n) is 3.92. The number of carbonyl (C=O) groups is 2. The maximum atomic E-state index is 12.4. The minimum atomic E-state index is -1.08. The van der Waals surface area contributed by atoms with E-state index in [9.17, 15) is 9.59 Å². The lowest BCUT2D eigenvalue weighted by molar-refractivity contribution is -0.139. The van der Waals surface area contributed by atoms with Gasteiger partial charge in [0.25, 0.3) is 5.91 Å². The first-order valence-corrected chi connectivity index (χ1v) is 11.0. The van der Waals surface area contributed by atoms with Gasteiger partial charge in [-0.1, -0.05) is 0 Å². The average Bonchev–Trinajstić information content (AvgIpc) is 3.06. The van der Waals surface area contributed by atoms with Crippen LogP contribution in [-0.2, 0) is 9.59 Å². The first-order valence-electron chi connectivity index (χ1n) is 9.14. The van der Waals surface area contributed by atoms with Crippen LogP contribution in [0.1, 0.15) is 12.5 Å². The number of thioether (sulfide) groups is 1. The van der Waals surface area contributed by atoms with E-state index in [2.05, 4.69) is 10.3 Å². The number of nitrogens with zero attached hydrogens (tertiary/aromatic N) is 1. The number of amides is 1. The molecular formula is C21H19IN2O6S. The predicted molar refractivity (Wildman–Crippen MR) is 127 cm³/mol. The Morgan fingerprint density at radius 3 is 2.65 bits per heavy atom. The Morgan fingerprint density at radius 1 is 1.26 bits per heavy atom. The number of halogens is 1. The number of methoxy groups -OCH3 is 1. The van der Waals surface area contributed by atoms with Crippen molar-refractivity contribution in [1.82, 2.24) is 5.32 Å². The summed E-state index contributed by atoms with van der Waals surface area (Å²) in [5.74, 6) is 0.169. The zero-order valence-electron chi connectivity index (χ0n) is 16.7. The Kier molecular flexibility index (Phi) is 7.80. The van der Waals surface area contributed by atoms with Crippen molar-refractivity contribution in [3.63, 3.8) is 0 Å². The van der Waals surface area contributed by atoms with Crippen molar-refractivity contribution in [3.05, 3.63) is 50.4 Å². The third-order valence-corrected chi connectivity index (χ3v) is 5.63. The van der Waals surface area contributed by atoms with E-state index >= 15 is 0 Å². The van der Waals surface area contributed by atoms with E-state index < -0.39 is 12.6 Å². The minimum Gasteiger partial charge on any atom is -0.497 e. The second kappa shape index (κ2) is 10.5. The van der Waals surface area contributed by atoms with Gasteiger partial charge in [-0.25, -0.2) is 9.79 Å². The molecule has 3 rings (SSSR count). The lowest BCUT2D eigenvalue weighted by atomic mass is 10.2. The van der Waals surface area contributed by atoms with Crippen LogP contribution in [0.2, 0.25) is 0 Å². The van der Waals surface area contributed by atoms with Crippen molar-refractivity contribution in [3.8, 4) is 17.2 Å². The Morgan fingerprint density at radius 2 is 2.00 bits per heavy atom. The Labute approximate surface area is 196 Å². The van der Waals surface area contributed by atoms with Gasteiger partial charge in [0.1, 0.15) is 5.75 Å². The first kappa shape index (κ1) is 22.9. The molecular weight excluding hydrogens is 535 g/mol. The third kappa shape index (κ3) is 6.14. The first-order chi connectivity index (χ1) is 14.9. The topological polar surface area (TPSA) is 106 Å². The highest BCUT2D eigenvalue weighted by atomic mass is 127. The van der Waals surface area contributed by atoms with Crippen molar-refractivity contribution >= 4 is 63.2 Å². The van der Waals surface area contributed by atoms with E-state index in [1.165, 1.54) is 11.8 Å². The van der Waals surface area contributed by atoms with Crippen LogP contribution >= 0.6 is 34.4 Å². The molecule has 0 bridgehead atoms. The molecule has 0 aliphatic carbocycles. The van der Waals surface area contributed by atoms with Crippen LogP contribution < -0.4 is 19.5 Å².